The van der Waals surface area contributed by atoms with Crippen LogP contribution < -0.4 is 5.32 Å². The topological polar surface area (TPSA) is 59.8 Å². The van der Waals surface area contributed by atoms with Gasteiger partial charge in [-0.25, -0.2) is 4.98 Å². The van der Waals surface area contributed by atoms with E-state index in [1.165, 1.54) is 0 Å². The fourth-order valence-corrected chi connectivity index (χ4v) is 2.33. The molecule has 2 aromatic rings. The van der Waals surface area contributed by atoms with E-state index in [1.54, 1.807) is 12.4 Å². The highest BCUT2D eigenvalue weighted by Crippen LogP contribution is 2.27. The number of carbonyl (C=O) groups is 1. The Labute approximate surface area is 123 Å². The number of amides is 1. The second-order valence-electron chi connectivity index (χ2n) is 5.16. The molecule has 108 valence electrons. The second-order valence-corrected chi connectivity index (χ2v) is 5.81. The van der Waals surface area contributed by atoms with E-state index in [1.807, 2.05) is 38.3 Å². The highest BCUT2D eigenvalue weighted by atomic mass is 35.5. The predicted octanol–water partition coefficient (Wildman–Crippen LogP) is 2.82. The van der Waals surface area contributed by atoms with Gasteiger partial charge in [-0.2, -0.15) is 0 Å². The van der Waals surface area contributed by atoms with Crippen LogP contribution in [0.4, 0.5) is 0 Å². The number of rotatable bonds is 4. The Bertz CT molecular complexity index is 621. The van der Waals surface area contributed by atoms with Crippen LogP contribution in [0.5, 0.6) is 0 Å². The van der Waals surface area contributed by atoms with Crippen LogP contribution in [0.15, 0.2) is 18.5 Å². The van der Waals surface area contributed by atoms with Crippen LogP contribution in [-0.2, 0) is 4.79 Å². The summed E-state index contributed by atoms with van der Waals surface area (Å²) >= 11 is 6.20. The highest BCUT2D eigenvalue weighted by Gasteiger charge is 2.23. The van der Waals surface area contributed by atoms with Crippen molar-refractivity contribution in [3.63, 3.8) is 0 Å². The van der Waals surface area contributed by atoms with Crippen LogP contribution in [0.1, 0.15) is 44.9 Å². The molecule has 6 heteroatoms. The van der Waals surface area contributed by atoms with Crippen LogP contribution in [0.25, 0.3) is 11.0 Å². The minimum Gasteiger partial charge on any atom is -0.352 e. The van der Waals surface area contributed by atoms with Crippen molar-refractivity contribution in [2.24, 2.45) is 0 Å². The quantitative estimate of drug-likeness (QED) is 0.882. The molecular formula is C14H19ClN4O. The van der Waals surface area contributed by atoms with Crippen LogP contribution in [-0.4, -0.2) is 26.5 Å². The van der Waals surface area contributed by atoms with Gasteiger partial charge in [0.25, 0.3) is 0 Å². The zero-order valence-electron chi connectivity index (χ0n) is 12.1. The van der Waals surface area contributed by atoms with Crippen molar-refractivity contribution in [2.75, 3.05) is 0 Å². The lowest BCUT2D eigenvalue weighted by Crippen LogP contribution is -2.36. The van der Waals surface area contributed by atoms with Gasteiger partial charge in [0, 0.05) is 12.2 Å². The number of carbonyl (C=O) groups excluding carboxylic acids is 1. The molecule has 0 saturated carbocycles. The fraction of sp³-hybridized carbons (Fsp3) is 0.500. The van der Waals surface area contributed by atoms with Gasteiger partial charge in [0.05, 0.1) is 17.1 Å². The molecule has 2 unspecified atom stereocenters. The molecule has 0 aliphatic heterocycles. The first-order valence-corrected chi connectivity index (χ1v) is 7.11. The Morgan fingerprint density at radius 3 is 2.65 bits per heavy atom. The molecule has 0 bridgehead atoms. The number of aromatic nitrogens is 3. The number of fused-ring (bicyclic) bond motifs is 1. The average Bonchev–Trinajstić information content (AvgIpc) is 2.76. The van der Waals surface area contributed by atoms with E-state index in [4.69, 9.17) is 11.6 Å². The van der Waals surface area contributed by atoms with Gasteiger partial charge in [0.2, 0.25) is 5.91 Å². The third-order valence-corrected chi connectivity index (χ3v) is 3.27. The van der Waals surface area contributed by atoms with Crippen LogP contribution in [0, 0.1) is 0 Å². The normalized spacial score (nSPS) is 14.5. The molecular weight excluding hydrogens is 276 g/mol. The molecule has 1 N–H and O–H groups in total. The standard InChI is InChI=1S/C14H19ClN4O/c1-8(2)17-14(20)10(4)19-12-5-6-16-7-11(12)18-13(19)9(3)15/h5-10H,1-4H3,(H,17,20). The zero-order chi connectivity index (χ0) is 14.9. The molecule has 0 radical (unpaired) electrons. The number of hydrogen-bond donors (Lipinski definition) is 1. The maximum absolute atomic E-state index is 12.3. The smallest absolute Gasteiger partial charge is 0.243 e. The van der Waals surface area contributed by atoms with E-state index in [2.05, 4.69) is 15.3 Å². The van der Waals surface area contributed by atoms with Gasteiger partial charge in [-0.05, 0) is 33.8 Å². The van der Waals surface area contributed by atoms with Gasteiger partial charge in [0.15, 0.2) is 0 Å². The van der Waals surface area contributed by atoms with Gasteiger partial charge in [-0.1, -0.05) is 0 Å². The predicted molar refractivity (Wildman–Crippen MR) is 79.8 cm³/mol. The second kappa shape index (κ2) is 5.79. The van der Waals surface area contributed by atoms with E-state index < -0.39 is 0 Å². The summed E-state index contributed by atoms with van der Waals surface area (Å²) in [5.74, 6) is 0.635. The van der Waals surface area contributed by atoms with Crippen molar-refractivity contribution in [3.8, 4) is 0 Å². The van der Waals surface area contributed by atoms with E-state index in [0.717, 1.165) is 11.0 Å². The molecule has 0 aliphatic rings. The van der Waals surface area contributed by atoms with Crippen molar-refractivity contribution in [1.82, 2.24) is 19.9 Å². The molecule has 0 spiro atoms. The molecule has 2 aromatic heterocycles. The molecule has 0 saturated heterocycles. The van der Waals surface area contributed by atoms with Gasteiger partial charge in [0.1, 0.15) is 17.4 Å². The monoisotopic (exact) mass is 294 g/mol. The van der Waals surface area contributed by atoms with Crippen molar-refractivity contribution >= 4 is 28.5 Å². The summed E-state index contributed by atoms with van der Waals surface area (Å²) in [5.41, 5.74) is 1.62. The number of imidazole rings is 1. The van der Waals surface area contributed by atoms with Crippen molar-refractivity contribution < 1.29 is 4.79 Å². The fourth-order valence-electron chi connectivity index (χ4n) is 2.18. The Hall–Kier alpha value is -1.62. The molecule has 2 atom stereocenters. The summed E-state index contributed by atoms with van der Waals surface area (Å²) in [5, 5.41) is 2.63. The highest BCUT2D eigenvalue weighted by molar-refractivity contribution is 6.20. The Morgan fingerprint density at radius 1 is 1.35 bits per heavy atom. The molecule has 2 rings (SSSR count). The number of halogens is 1. The van der Waals surface area contributed by atoms with E-state index in [-0.39, 0.29) is 23.4 Å². The Morgan fingerprint density at radius 2 is 2.05 bits per heavy atom. The molecule has 0 aliphatic carbocycles. The lowest BCUT2D eigenvalue weighted by atomic mass is 10.2. The zero-order valence-corrected chi connectivity index (χ0v) is 12.8. The number of nitrogens with one attached hydrogen (secondary N) is 1. The average molecular weight is 295 g/mol. The molecule has 1 amide bonds. The Balaban J connectivity index is 2.51. The first kappa shape index (κ1) is 14.8. The molecule has 2 heterocycles. The van der Waals surface area contributed by atoms with Crippen molar-refractivity contribution in [2.45, 2.75) is 45.2 Å². The van der Waals surface area contributed by atoms with Gasteiger partial charge in [-0.3, -0.25) is 9.78 Å². The first-order valence-electron chi connectivity index (χ1n) is 6.68. The summed E-state index contributed by atoms with van der Waals surface area (Å²) in [6.45, 7) is 7.57. The lowest BCUT2D eigenvalue weighted by molar-refractivity contribution is -0.124. The molecule has 0 aromatic carbocycles. The minimum absolute atomic E-state index is 0.0466. The van der Waals surface area contributed by atoms with E-state index in [9.17, 15) is 4.79 Å². The van der Waals surface area contributed by atoms with E-state index in [0.29, 0.717) is 5.82 Å². The van der Waals surface area contributed by atoms with Crippen molar-refractivity contribution in [3.05, 3.63) is 24.3 Å². The van der Waals surface area contributed by atoms with E-state index >= 15 is 0 Å². The van der Waals surface area contributed by atoms with Gasteiger partial charge in [-0.15, -0.1) is 11.6 Å². The summed E-state index contributed by atoms with van der Waals surface area (Å²) < 4.78 is 1.88. The van der Waals surface area contributed by atoms with Crippen LogP contribution >= 0.6 is 11.6 Å². The lowest BCUT2D eigenvalue weighted by Gasteiger charge is -2.19. The summed E-state index contributed by atoms with van der Waals surface area (Å²) in [7, 11) is 0. The number of alkyl halides is 1. The third kappa shape index (κ3) is 2.77. The maximum Gasteiger partial charge on any atom is 0.243 e. The van der Waals surface area contributed by atoms with Gasteiger partial charge < -0.3 is 9.88 Å². The van der Waals surface area contributed by atoms with Crippen molar-refractivity contribution in [1.29, 1.82) is 0 Å². The largest absolute Gasteiger partial charge is 0.352 e. The molecule has 0 fully saturated rings. The molecule has 5 nitrogen and oxygen atoms in total. The molecule has 20 heavy (non-hydrogen) atoms. The first-order chi connectivity index (χ1) is 9.41. The minimum atomic E-state index is -0.374. The third-order valence-electron chi connectivity index (χ3n) is 3.07. The number of hydrogen-bond acceptors (Lipinski definition) is 3. The van der Waals surface area contributed by atoms with Gasteiger partial charge >= 0.3 is 0 Å². The summed E-state index contributed by atoms with van der Waals surface area (Å²) in [6.07, 6.45) is 3.37. The maximum atomic E-state index is 12.3. The number of nitrogens with zero attached hydrogens (tertiary/aromatic N) is 3. The Kier molecular flexibility index (Phi) is 4.28. The van der Waals surface area contributed by atoms with Crippen LogP contribution in [0.3, 0.4) is 0 Å². The van der Waals surface area contributed by atoms with Crippen LogP contribution in [0.2, 0.25) is 0 Å². The SMILES string of the molecule is CC(C)NC(=O)C(C)n1c(C(C)Cl)nc2cnccc21. The number of pyridine rings is 1. The summed E-state index contributed by atoms with van der Waals surface area (Å²) in [6, 6.07) is 1.57. The summed E-state index contributed by atoms with van der Waals surface area (Å²) in [4.78, 5) is 20.8.